The van der Waals surface area contributed by atoms with E-state index in [4.69, 9.17) is 8.83 Å². The minimum Gasteiger partial charge on any atom is -0.456 e. The number of fused-ring (bicyclic) bond motifs is 12. The van der Waals surface area contributed by atoms with Crippen molar-refractivity contribution in [1.29, 1.82) is 0 Å². The number of nitrogens with zero attached hydrogens (tertiary/aromatic N) is 4. The van der Waals surface area contributed by atoms with Gasteiger partial charge in [-0.1, -0.05) is 372 Å². The highest BCUT2D eigenvalue weighted by Crippen LogP contribution is 2.45. The van der Waals surface area contributed by atoms with Gasteiger partial charge in [-0.2, -0.15) is 0 Å². The molecule has 10 heteroatoms. The second-order valence-electron chi connectivity index (χ2n) is 40.6. The first-order chi connectivity index (χ1) is 65.9. The molecule has 0 saturated carbocycles. The maximum Gasteiger partial charge on any atom is 0.137 e. The predicted molar refractivity (Wildman–Crippen MR) is 595 cm³/mol. The van der Waals surface area contributed by atoms with Gasteiger partial charge in [-0.3, -0.25) is 0 Å². The van der Waals surface area contributed by atoms with Crippen molar-refractivity contribution in [3.8, 4) is 89.3 Å². The Morgan fingerprint density at radius 1 is 0.162 bits per heavy atom. The smallest absolute Gasteiger partial charge is 0.137 e. The molecule has 0 spiro atoms. The topological polar surface area (TPSA) is 42.6 Å². The number of para-hydroxylation sites is 4. The van der Waals surface area contributed by atoms with Gasteiger partial charge >= 0.3 is 0 Å². The number of hydrogen-bond acceptors (Lipinski definition) is 4. The lowest BCUT2D eigenvalue weighted by molar-refractivity contribution is 0.668. The van der Waals surface area contributed by atoms with Crippen molar-refractivity contribution >= 4 is 175 Å². The Labute approximate surface area is 801 Å². The molecule has 0 amide bonds. The first-order valence-corrected chi connectivity index (χ1v) is 61.5. The molecule has 0 aliphatic rings. The van der Waals surface area contributed by atoms with Crippen LogP contribution in [0.3, 0.4) is 0 Å². The van der Waals surface area contributed by atoms with Crippen LogP contribution in [0.15, 0.2) is 446 Å². The van der Waals surface area contributed by atoms with Gasteiger partial charge in [-0.05, 0) is 236 Å². The van der Waals surface area contributed by atoms with E-state index in [0.29, 0.717) is 0 Å². The summed E-state index contributed by atoms with van der Waals surface area (Å²) in [5, 5.41) is 15.4. The van der Waals surface area contributed by atoms with Crippen molar-refractivity contribution in [3.63, 3.8) is 0 Å². The molecule has 0 radical (unpaired) electrons. The molecule has 4 heterocycles. The van der Waals surface area contributed by atoms with Crippen LogP contribution in [-0.2, 0) is 0 Å². The highest BCUT2D eigenvalue weighted by atomic mass is 28.3. The maximum absolute atomic E-state index is 6.33. The van der Waals surface area contributed by atoms with Crippen LogP contribution in [0.4, 0.5) is 34.1 Å². The Bertz CT molecular complexity index is 8200. The fourth-order valence-corrected chi connectivity index (χ4v) is 24.5. The summed E-state index contributed by atoms with van der Waals surface area (Å²) < 4.78 is 17.3. The van der Waals surface area contributed by atoms with Crippen LogP contribution in [0.1, 0.15) is 0 Å². The van der Waals surface area contributed by atoms with Crippen molar-refractivity contribution in [2.45, 2.75) is 78.6 Å². The monoisotopic (exact) mass is 1820 g/mol. The van der Waals surface area contributed by atoms with E-state index in [1.165, 1.54) is 131 Å². The van der Waals surface area contributed by atoms with E-state index in [-0.39, 0.29) is 0 Å². The van der Waals surface area contributed by atoms with Gasteiger partial charge in [0.15, 0.2) is 0 Å². The van der Waals surface area contributed by atoms with Crippen molar-refractivity contribution in [2.75, 3.05) is 9.80 Å². The Morgan fingerprint density at radius 2 is 0.375 bits per heavy atom. The molecular weight excluding hydrogens is 1710 g/mol. The molecule has 4 aromatic heterocycles. The third-order valence-electron chi connectivity index (χ3n) is 27.6. The van der Waals surface area contributed by atoms with Gasteiger partial charge in [0.1, 0.15) is 22.3 Å². The average molecular weight is 1820 g/mol. The third kappa shape index (κ3) is 16.7. The second kappa shape index (κ2) is 34.7. The Kier molecular flexibility index (Phi) is 22.0. The van der Waals surface area contributed by atoms with Crippen LogP contribution in [0.5, 0.6) is 0 Å². The molecule has 0 N–H and O–H groups in total. The predicted octanol–water partition coefficient (Wildman–Crippen LogP) is 34.2. The molecule has 6 nitrogen and oxygen atoms in total. The summed E-state index contributed by atoms with van der Waals surface area (Å²) in [7, 11) is -5.51. The molecule has 0 aliphatic carbocycles. The summed E-state index contributed by atoms with van der Waals surface area (Å²) in [5.41, 5.74) is 34.0. The van der Waals surface area contributed by atoms with Gasteiger partial charge in [0.25, 0.3) is 0 Å². The zero-order valence-corrected chi connectivity index (χ0v) is 83.2. The minimum atomic E-state index is -1.38. The van der Waals surface area contributed by atoms with Gasteiger partial charge in [0, 0.05) is 94.7 Å². The quantitative estimate of drug-likeness (QED) is 0.0757. The largest absolute Gasteiger partial charge is 0.456 e. The summed E-state index contributed by atoms with van der Waals surface area (Å²) in [5.74, 6) is 0. The molecule has 19 aromatic carbocycles. The standard InChI is InChI=1S/C66H56N2OSi2.C60H52N2OSi2/c1-70(2,3)57-37-23-47(24-38-57)45-15-29-53(30-16-45)67(54-31-17-46(18-32-54)48-25-39-58(40-26-48)71(4,5)6)55-33-19-49(20-34-55)51-28-42-64-62(43-51)59-11-7-9-13-63(59)68(64)56-35-21-50(22-36-56)52-27-41-61-60-12-8-10-14-65(60)69-66(61)44-52;1-64(2,3)51-33-21-43(22-34-51)41-15-26-47(27-16-41)61(48-28-17-42(18-29-48)44-23-35-52(36-24-44)65(4,5)6)49-30-19-45(20-31-49)46-25-38-58-56(39-46)53-11-7-9-13-57(53)62(58)50-32-37-55-54-12-8-10-14-59(54)63-60(55)40-50/h7-44H,1-6H3;7-40H,1-6H3. The van der Waals surface area contributed by atoms with Crippen molar-refractivity contribution < 1.29 is 8.83 Å². The zero-order valence-electron chi connectivity index (χ0n) is 79.2. The Balaban J connectivity index is 0.000000158. The Morgan fingerprint density at radius 3 is 0.691 bits per heavy atom. The molecule has 23 rings (SSSR count). The lowest BCUT2D eigenvalue weighted by Gasteiger charge is -2.26. The molecule has 0 atom stereocenters. The molecular formula is C126H108N4O2Si4. The van der Waals surface area contributed by atoms with Gasteiger partial charge < -0.3 is 27.8 Å². The first kappa shape index (κ1) is 86.3. The number of benzene rings is 19. The fourth-order valence-electron chi connectivity index (χ4n) is 19.8. The summed E-state index contributed by atoms with van der Waals surface area (Å²) in [4.78, 5) is 4.74. The Hall–Kier alpha value is -15.2. The molecule has 23 aromatic rings. The van der Waals surface area contributed by atoms with Crippen molar-refractivity contribution in [3.05, 3.63) is 437 Å². The molecule has 0 aliphatic heterocycles. The van der Waals surface area contributed by atoms with Crippen LogP contribution >= 0.6 is 0 Å². The SMILES string of the molecule is C[Si](C)(C)c1ccc(-c2ccc(N(c3ccc(-c4ccc([Si](C)(C)C)cc4)cc3)c3ccc(-c4ccc5c(c4)c4ccccc4n5-c4ccc(-c5ccc6c(c5)oc5ccccc56)cc4)cc3)cc2)cc1.C[Si](C)(C)c1ccc(-c2ccc(N(c3ccc(-c4ccc([Si](C)(C)C)cc4)cc3)c3ccc(-c4ccc5c(c4)c4ccccc4n5-c4ccc5c(c4)oc4ccccc45)cc3)cc2)cc1. The van der Waals surface area contributed by atoms with E-state index in [1.54, 1.807) is 0 Å². The average Bonchev–Trinajstić information content (AvgIpc) is 1.59. The number of rotatable bonds is 19. The first-order valence-electron chi connectivity index (χ1n) is 47.5. The zero-order chi connectivity index (χ0) is 92.9. The summed E-state index contributed by atoms with van der Waals surface area (Å²) in [6.45, 7) is 28.8. The molecule has 0 saturated heterocycles. The molecule has 136 heavy (non-hydrogen) atoms. The molecule has 0 bridgehead atoms. The van der Waals surface area contributed by atoms with E-state index < -0.39 is 32.3 Å². The maximum atomic E-state index is 6.33. The van der Waals surface area contributed by atoms with E-state index >= 15 is 0 Å². The fraction of sp³-hybridized carbons (Fsp3) is 0.0952. The molecule has 660 valence electrons. The number of hydrogen-bond donors (Lipinski definition) is 0. The summed E-state index contributed by atoms with van der Waals surface area (Å²) >= 11 is 0. The second-order valence-corrected chi connectivity index (χ2v) is 60.9. The van der Waals surface area contributed by atoms with Gasteiger partial charge in [0.05, 0.1) is 54.4 Å². The van der Waals surface area contributed by atoms with Gasteiger partial charge in [-0.15, -0.1) is 0 Å². The molecule has 0 fully saturated rings. The third-order valence-corrected chi connectivity index (χ3v) is 35.8. The number of anilines is 6. The lowest BCUT2D eigenvalue weighted by atomic mass is 10.0. The van der Waals surface area contributed by atoms with Crippen molar-refractivity contribution in [2.24, 2.45) is 0 Å². The van der Waals surface area contributed by atoms with Crippen molar-refractivity contribution in [1.82, 2.24) is 9.13 Å². The van der Waals surface area contributed by atoms with Gasteiger partial charge in [-0.25, -0.2) is 0 Å². The van der Waals surface area contributed by atoms with Crippen LogP contribution < -0.4 is 30.5 Å². The summed E-state index contributed by atoms with van der Waals surface area (Å²) in [6.07, 6.45) is 0. The van der Waals surface area contributed by atoms with Gasteiger partial charge in [0.2, 0.25) is 0 Å². The minimum absolute atomic E-state index is 0.895. The van der Waals surface area contributed by atoms with Crippen LogP contribution in [0.2, 0.25) is 78.6 Å². The van der Waals surface area contributed by atoms with E-state index in [0.717, 1.165) is 101 Å². The van der Waals surface area contributed by atoms with Crippen LogP contribution in [-0.4, -0.2) is 41.4 Å². The molecule has 0 unspecified atom stereocenters. The normalized spacial score (nSPS) is 12.1. The lowest BCUT2D eigenvalue weighted by Crippen LogP contribution is -2.37. The number of aromatic nitrogens is 2. The number of furan rings is 2. The van der Waals surface area contributed by atoms with Crippen LogP contribution in [0, 0.1) is 0 Å². The van der Waals surface area contributed by atoms with E-state index in [2.05, 4.69) is 510 Å². The summed E-state index contributed by atoms with van der Waals surface area (Å²) in [6, 6.07) is 161. The van der Waals surface area contributed by atoms with E-state index in [1.807, 2.05) is 24.3 Å². The van der Waals surface area contributed by atoms with Crippen LogP contribution in [0.25, 0.3) is 177 Å². The highest BCUT2D eigenvalue weighted by molar-refractivity contribution is 6.90. The highest BCUT2D eigenvalue weighted by Gasteiger charge is 2.25. The van der Waals surface area contributed by atoms with E-state index in [9.17, 15) is 0 Å².